The molecule has 6 rings (SSSR count). The van der Waals surface area contributed by atoms with Crippen LogP contribution in [0.25, 0.3) is 33.8 Å². The maximum absolute atomic E-state index is 13.4. The van der Waals surface area contributed by atoms with Crippen molar-refractivity contribution >= 4 is 11.0 Å². The molecule has 14 heteroatoms. The first-order valence-electron chi connectivity index (χ1n) is 13.6. The van der Waals surface area contributed by atoms with E-state index in [0.29, 0.717) is 33.8 Å². The smallest absolute Gasteiger partial charge is 0.434 e. The van der Waals surface area contributed by atoms with Crippen LogP contribution < -0.4 is 9.47 Å². The van der Waals surface area contributed by atoms with Crippen molar-refractivity contribution < 1.29 is 27.8 Å². The second-order valence-electron chi connectivity index (χ2n) is 10.8. The Balaban J connectivity index is 1.44. The van der Waals surface area contributed by atoms with E-state index in [4.69, 9.17) is 14.5 Å². The Morgan fingerprint density at radius 2 is 1.67 bits per heavy atom. The van der Waals surface area contributed by atoms with E-state index in [9.17, 15) is 18.3 Å². The third kappa shape index (κ3) is 4.94. The van der Waals surface area contributed by atoms with Gasteiger partial charge >= 0.3 is 6.18 Å². The number of rotatable bonds is 8. The summed E-state index contributed by atoms with van der Waals surface area (Å²) >= 11 is 0. The summed E-state index contributed by atoms with van der Waals surface area (Å²) in [6.07, 6.45) is 1.42. The van der Waals surface area contributed by atoms with Crippen LogP contribution in [0.15, 0.2) is 43.0 Å². The lowest BCUT2D eigenvalue weighted by Crippen LogP contribution is -2.32. The van der Waals surface area contributed by atoms with Gasteiger partial charge in [-0.3, -0.25) is 0 Å². The Kier molecular flexibility index (Phi) is 6.83. The van der Waals surface area contributed by atoms with Crippen molar-refractivity contribution in [2.45, 2.75) is 57.5 Å². The van der Waals surface area contributed by atoms with Gasteiger partial charge in [-0.15, -0.1) is 5.10 Å². The lowest BCUT2D eigenvalue weighted by atomic mass is 10.0. The Bertz CT molecular complexity index is 1810. The first-order chi connectivity index (χ1) is 20.4. The number of aromatic nitrogens is 8. The number of hydrogen-bond donors (Lipinski definition) is 1. The number of hydrogen-bond acceptors (Lipinski definition) is 9. The third-order valence-corrected chi connectivity index (χ3v) is 7.49. The zero-order chi connectivity index (χ0) is 30.7. The number of aliphatic hydroxyl groups is 1. The van der Waals surface area contributed by atoms with Gasteiger partial charge in [0.15, 0.2) is 22.9 Å². The number of benzene rings is 1. The molecule has 0 bridgehead atoms. The topological polar surface area (TPSA) is 126 Å². The summed E-state index contributed by atoms with van der Waals surface area (Å²) in [6, 6.07) is 6.20. The molecule has 1 saturated carbocycles. The molecule has 0 saturated heterocycles. The Morgan fingerprint density at radius 3 is 2.28 bits per heavy atom. The zero-order valence-electron chi connectivity index (χ0n) is 24.1. The maximum Gasteiger partial charge on any atom is 0.434 e. The van der Waals surface area contributed by atoms with Gasteiger partial charge in [-0.1, -0.05) is 24.3 Å². The summed E-state index contributed by atoms with van der Waals surface area (Å²) < 4.78 is 54.0. The van der Waals surface area contributed by atoms with Crippen LogP contribution in [0.5, 0.6) is 11.8 Å². The van der Waals surface area contributed by atoms with E-state index in [-0.39, 0.29) is 29.3 Å². The summed E-state index contributed by atoms with van der Waals surface area (Å²) in [7, 11) is 2.97. The molecule has 1 unspecified atom stereocenters. The molecule has 11 nitrogen and oxygen atoms in total. The molecule has 1 atom stereocenters. The highest BCUT2D eigenvalue weighted by Gasteiger charge is 2.36. The predicted molar refractivity (Wildman–Crippen MR) is 149 cm³/mol. The molecule has 4 heterocycles. The zero-order valence-corrected chi connectivity index (χ0v) is 24.1. The highest BCUT2D eigenvalue weighted by Crippen LogP contribution is 2.45. The number of imidazole rings is 1. The molecule has 5 aromatic rings. The molecule has 1 N–H and O–H groups in total. The van der Waals surface area contributed by atoms with Crippen LogP contribution >= 0.6 is 0 Å². The Hall–Kier alpha value is -4.59. The lowest BCUT2D eigenvalue weighted by molar-refractivity contribution is -0.140. The van der Waals surface area contributed by atoms with Gasteiger partial charge in [-0.05, 0) is 33.6 Å². The van der Waals surface area contributed by atoms with E-state index < -0.39 is 17.6 Å². The number of nitrogens with zero attached hydrogens (tertiary/aromatic N) is 8. The average Bonchev–Trinajstić information content (AvgIpc) is 3.60. The minimum absolute atomic E-state index is 0.169. The van der Waals surface area contributed by atoms with Crippen LogP contribution in [0.4, 0.5) is 13.2 Å². The molecule has 1 aromatic carbocycles. The van der Waals surface area contributed by atoms with E-state index in [1.165, 1.54) is 36.7 Å². The second-order valence-corrected chi connectivity index (χ2v) is 10.8. The van der Waals surface area contributed by atoms with Crippen molar-refractivity contribution in [3.63, 3.8) is 0 Å². The predicted octanol–water partition coefficient (Wildman–Crippen LogP) is 5.35. The fourth-order valence-electron chi connectivity index (χ4n) is 5.06. The summed E-state index contributed by atoms with van der Waals surface area (Å²) in [6.45, 7) is 5.09. The standard InChI is InChI=1S/C29H29F3N8O3/c1-15(2)39-13-20(29(30,31)32)36-24(39)17-8-10-18(11-9-17)28(3,41)40-25-19(26(38-40)42-4)12-33-23(37-25)21-22(16-6-7-16)34-14-35-27(21)43-5/h8-16,41H,6-7H2,1-5H3. The molecule has 1 aliphatic carbocycles. The molecular weight excluding hydrogens is 565 g/mol. The van der Waals surface area contributed by atoms with Crippen molar-refractivity contribution in [1.29, 1.82) is 0 Å². The lowest BCUT2D eigenvalue weighted by Gasteiger charge is -2.25. The number of methoxy groups -OCH3 is 2. The van der Waals surface area contributed by atoms with Gasteiger partial charge in [0.2, 0.25) is 11.8 Å². The number of fused-ring (bicyclic) bond motifs is 1. The van der Waals surface area contributed by atoms with E-state index in [1.807, 2.05) is 0 Å². The summed E-state index contributed by atoms with van der Waals surface area (Å²) in [4.78, 5) is 21.9. The van der Waals surface area contributed by atoms with Gasteiger partial charge in [-0.25, -0.2) is 29.6 Å². The monoisotopic (exact) mass is 594 g/mol. The van der Waals surface area contributed by atoms with Crippen LogP contribution in [-0.4, -0.2) is 58.6 Å². The Morgan fingerprint density at radius 1 is 0.977 bits per heavy atom. The number of halogens is 3. The minimum atomic E-state index is -4.57. The van der Waals surface area contributed by atoms with Crippen LogP contribution in [-0.2, 0) is 11.9 Å². The summed E-state index contributed by atoms with van der Waals surface area (Å²) in [5, 5.41) is 16.8. The quantitative estimate of drug-likeness (QED) is 0.253. The molecule has 4 aromatic heterocycles. The SMILES string of the molecule is COc1ncnc(C2CC2)c1-c1ncc2c(OC)nn(C(C)(O)c3ccc(-c4nc(C(F)(F)F)cn4C(C)C)cc3)c2n1. The maximum atomic E-state index is 13.4. The molecule has 1 aliphatic rings. The van der Waals surface area contributed by atoms with Crippen LogP contribution in [0, 0.1) is 0 Å². The normalized spacial score (nSPS) is 15.2. The second kappa shape index (κ2) is 10.3. The van der Waals surface area contributed by atoms with Gasteiger partial charge in [0.25, 0.3) is 0 Å². The minimum Gasteiger partial charge on any atom is -0.480 e. The molecule has 0 amide bonds. The van der Waals surface area contributed by atoms with E-state index in [2.05, 4.69) is 25.0 Å². The Labute approximate surface area is 244 Å². The van der Waals surface area contributed by atoms with Crippen molar-refractivity contribution in [1.82, 2.24) is 39.3 Å². The van der Waals surface area contributed by atoms with Crippen molar-refractivity contribution in [2.75, 3.05) is 14.2 Å². The fourth-order valence-corrected chi connectivity index (χ4v) is 5.06. The van der Waals surface area contributed by atoms with Gasteiger partial charge in [0, 0.05) is 35.5 Å². The average molecular weight is 595 g/mol. The van der Waals surface area contributed by atoms with E-state index in [0.717, 1.165) is 24.7 Å². The number of alkyl halides is 3. The first kappa shape index (κ1) is 28.5. The molecule has 1 fully saturated rings. The van der Waals surface area contributed by atoms with Crippen molar-refractivity contribution in [2.24, 2.45) is 0 Å². The largest absolute Gasteiger partial charge is 0.480 e. The van der Waals surface area contributed by atoms with Crippen LogP contribution in [0.2, 0.25) is 0 Å². The first-order valence-corrected chi connectivity index (χ1v) is 13.6. The molecule has 0 radical (unpaired) electrons. The third-order valence-electron chi connectivity index (χ3n) is 7.49. The molecule has 43 heavy (non-hydrogen) atoms. The molecule has 0 spiro atoms. The highest BCUT2D eigenvalue weighted by molar-refractivity contribution is 5.83. The summed E-state index contributed by atoms with van der Waals surface area (Å²) in [5.41, 5.74) is -0.206. The fraction of sp³-hybridized carbons (Fsp3) is 0.379. The van der Waals surface area contributed by atoms with Crippen LogP contribution in [0.1, 0.15) is 62.5 Å². The summed E-state index contributed by atoms with van der Waals surface area (Å²) in [5.74, 6) is 1.28. The van der Waals surface area contributed by atoms with Crippen molar-refractivity contribution in [3.8, 4) is 34.5 Å². The van der Waals surface area contributed by atoms with Gasteiger partial charge in [-0.2, -0.15) is 13.2 Å². The molecular formula is C29H29F3N8O3. The van der Waals surface area contributed by atoms with Crippen molar-refractivity contribution in [3.05, 3.63) is 59.9 Å². The molecule has 0 aliphatic heterocycles. The van der Waals surface area contributed by atoms with E-state index in [1.54, 1.807) is 44.3 Å². The molecule has 224 valence electrons. The van der Waals surface area contributed by atoms with E-state index >= 15 is 0 Å². The highest BCUT2D eigenvalue weighted by atomic mass is 19.4. The van der Waals surface area contributed by atoms with Gasteiger partial charge in [0.1, 0.15) is 23.1 Å². The number of ether oxygens (including phenoxy) is 2. The van der Waals surface area contributed by atoms with Crippen LogP contribution in [0.3, 0.4) is 0 Å². The van der Waals surface area contributed by atoms with Gasteiger partial charge in [0.05, 0.1) is 19.9 Å². The van der Waals surface area contributed by atoms with Gasteiger partial charge < -0.3 is 19.1 Å².